The first-order valence-corrected chi connectivity index (χ1v) is 6.64. The zero-order valence-corrected chi connectivity index (χ0v) is 12.5. The van der Waals surface area contributed by atoms with Crippen molar-refractivity contribution in [3.05, 3.63) is 60.2 Å². The van der Waals surface area contributed by atoms with Crippen molar-refractivity contribution in [3.63, 3.8) is 0 Å². The molecule has 0 spiro atoms. The molecule has 0 aliphatic carbocycles. The Morgan fingerprint density at radius 3 is 2.33 bits per heavy atom. The van der Waals surface area contributed by atoms with Crippen molar-refractivity contribution >= 4 is 5.97 Å². The van der Waals surface area contributed by atoms with Crippen LogP contribution in [-0.4, -0.2) is 13.1 Å². The van der Waals surface area contributed by atoms with E-state index in [-0.39, 0.29) is 0 Å². The summed E-state index contributed by atoms with van der Waals surface area (Å²) in [5, 5.41) is 0. The Hall–Kier alpha value is -2.55. The first kappa shape index (κ1) is 14.9. The van der Waals surface area contributed by atoms with Crippen molar-refractivity contribution in [1.29, 1.82) is 0 Å². The molecular formula is C18H18O3. The summed E-state index contributed by atoms with van der Waals surface area (Å²) in [6.45, 7) is 7.22. The second-order valence-electron chi connectivity index (χ2n) is 4.90. The third kappa shape index (κ3) is 3.51. The zero-order chi connectivity index (χ0) is 15.4. The van der Waals surface area contributed by atoms with Crippen LogP contribution in [0.5, 0.6) is 11.5 Å². The number of esters is 1. The highest BCUT2D eigenvalue weighted by atomic mass is 16.5. The fourth-order valence-electron chi connectivity index (χ4n) is 1.90. The van der Waals surface area contributed by atoms with Crippen molar-refractivity contribution in [2.75, 3.05) is 7.11 Å². The van der Waals surface area contributed by atoms with E-state index in [1.165, 1.54) is 5.56 Å². The largest absolute Gasteiger partial charge is 0.496 e. The van der Waals surface area contributed by atoms with E-state index in [0.29, 0.717) is 17.1 Å². The highest BCUT2D eigenvalue weighted by Crippen LogP contribution is 2.33. The molecule has 0 aromatic heterocycles. The van der Waals surface area contributed by atoms with E-state index < -0.39 is 5.97 Å². The number of rotatable bonds is 4. The van der Waals surface area contributed by atoms with Crippen LogP contribution in [0.25, 0.3) is 11.1 Å². The molecule has 2 aromatic rings. The minimum Gasteiger partial charge on any atom is -0.496 e. The molecule has 0 N–H and O–H groups in total. The lowest BCUT2D eigenvalue weighted by Gasteiger charge is -2.11. The maximum Gasteiger partial charge on any atom is 0.338 e. The van der Waals surface area contributed by atoms with Gasteiger partial charge in [-0.25, -0.2) is 4.79 Å². The van der Waals surface area contributed by atoms with Crippen molar-refractivity contribution < 1.29 is 14.3 Å². The molecule has 0 radical (unpaired) electrons. The van der Waals surface area contributed by atoms with Gasteiger partial charge in [-0.3, -0.25) is 0 Å². The topological polar surface area (TPSA) is 35.5 Å². The predicted octanol–water partition coefficient (Wildman–Crippen LogP) is 4.15. The molecule has 108 valence electrons. The molecule has 0 saturated heterocycles. The van der Waals surface area contributed by atoms with Gasteiger partial charge in [0, 0.05) is 17.2 Å². The lowest BCUT2D eigenvalue weighted by atomic mass is 10.0. The maximum atomic E-state index is 11.5. The monoisotopic (exact) mass is 282 g/mol. The fourth-order valence-corrected chi connectivity index (χ4v) is 1.90. The summed E-state index contributed by atoms with van der Waals surface area (Å²) in [6, 6.07) is 13.5. The minimum absolute atomic E-state index is 0.358. The van der Waals surface area contributed by atoms with Gasteiger partial charge in [0.2, 0.25) is 0 Å². The molecule has 3 nitrogen and oxygen atoms in total. The number of hydrogen-bond donors (Lipinski definition) is 0. The Morgan fingerprint density at radius 2 is 1.76 bits per heavy atom. The summed E-state index contributed by atoms with van der Waals surface area (Å²) in [6.07, 6.45) is 0. The van der Waals surface area contributed by atoms with Crippen LogP contribution < -0.4 is 9.47 Å². The number of benzene rings is 2. The second kappa shape index (κ2) is 6.27. The lowest BCUT2D eigenvalue weighted by Crippen LogP contribution is -2.08. The van der Waals surface area contributed by atoms with Crippen molar-refractivity contribution in [3.8, 4) is 22.6 Å². The van der Waals surface area contributed by atoms with Gasteiger partial charge in [0.15, 0.2) is 0 Å². The average molecular weight is 282 g/mol. The van der Waals surface area contributed by atoms with Gasteiger partial charge in [-0.2, -0.15) is 0 Å². The van der Waals surface area contributed by atoms with Gasteiger partial charge in [-0.15, -0.1) is 0 Å². The van der Waals surface area contributed by atoms with E-state index in [9.17, 15) is 4.79 Å². The minimum atomic E-state index is -0.444. The molecule has 0 aliphatic rings. The van der Waals surface area contributed by atoms with Gasteiger partial charge >= 0.3 is 5.97 Å². The molecule has 21 heavy (non-hydrogen) atoms. The fraction of sp³-hybridized carbons (Fsp3) is 0.167. The zero-order valence-electron chi connectivity index (χ0n) is 12.5. The summed E-state index contributed by atoms with van der Waals surface area (Å²) in [4.78, 5) is 11.5. The van der Waals surface area contributed by atoms with Gasteiger partial charge in [0.25, 0.3) is 0 Å². The Kier molecular flexibility index (Phi) is 4.43. The maximum absolute atomic E-state index is 11.5. The number of ether oxygens (including phenoxy) is 2. The molecule has 0 aliphatic heterocycles. The quantitative estimate of drug-likeness (QED) is 0.480. The molecule has 0 saturated carbocycles. The van der Waals surface area contributed by atoms with Gasteiger partial charge in [0.1, 0.15) is 11.5 Å². The summed E-state index contributed by atoms with van der Waals surface area (Å²) < 4.78 is 10.6. The van der Waals surface area contributed by atoms with Crippen LogP contribution in [0.1, 0.15) is 12.5 Å². The summed E-state index contributed by atoms with van der Waals surface area (Å²) >= 11 is 0. The number of aryl methyl sites for hydroxylation is 1. The van der Waals surface area contributed by atoms with E-state index in [1.807, 2.05) is 37.3 Å². The van der Waals surface area contributed by atoms with Gasteiger partial charge in [-0.1, -0.05) is 36.4 Å². The highest BCUT2D eigenvalue weighted by molar-refractivity contribution is 5.89. The summed E-state index contributed by atoms with van der Waals surface area (Å²) in [5.74, 6) is 0.654. The molecule has 3 heteroatoms. The van der Waals surface area contributed by atoms with E-state index in [1.54, 1.807) is 26.2 Å². The molecule has 2 aromatic carbocycles. The summed E-state index contributed by atoms with van der Waals surface area (Å²) in [5.41, 5.74) is 3.56. The number of carbonyl (C=O) groups excluding carboxylic acids is 1. The van der Waals surface area contributed by atoms with Crippen LogP contribution in [0.3, 0.4) is 0 Å². The van der Waals surface area contributed by atoms with E-state index in [4.69, 9.17) is 9.47 Å². The first-order chi connectivity index (χ1) is 10.0. The summed E-state index contributed by atoms with van der Waals surface area (Å²) in [7, 11) is 1.59. The third-order valence-corrected chi connectivity index (χ3v) is 3.09. The van der Waals surface area contributed by atoms with Crippen LogP contribution in [0.15, 0.2) is 54.6 Å². The first-order valence-electron chi connectivity index (χ1n) is 6.64. The molecule has 0 unspecified atom stereocenters. The standard InChI is InChI=1S/C18H18O3/c1-12(2)18(19)21-15-9-10-16(17(11-15)20-4)14-7-5-13(3)6-8-14/h5-11H,1H2,2-4H3. The highest BCUT2D eigenvalue weighted by Gasteiger charge is 2.10. The van der Waals surface area contributed by atoms with E-state index in [0.717, 1.165) is 11.1 Å². The normalized spacial score (nSPS) is 10.0. The Bertz CT molecular complexity index is 669. The van der Waals surface area contributed by atoms with Crippen LogP contribution in [0, 0.1) is 6.92 Å². The van der Waals surface area contributed by atoms with Crippen molar-refractivity contribution in [1.82, 2.24) is 0 Å². The van der Waals surface area contributed by atoms with E-state index >= 15 is 0 Å². The Balaban J connectivity index is 2.34. The van der Waals surface area contributed by atoms with Crippen molar-refractivity contribution in [2.45, 2.75) is 13.8 Å². The predicted molar refractivity (Wildman–Crippen MR) is 83.6 cm³/mol. The van der Waals surface area contributed by atoms with Gasteiger partial charge in [-0.05, 0) is 31.5 Å². The second-order valence-corrected chi connectivity index (χ2v) is 4.90. The van der Waals surface area contributed by atoms with Crippen LogP contribution in [-0.2, 0) is 4.79 Å². The van der Waals surface area contributed by atoms with Crippen LogP contribution >= 0.6 is 0 Å². The van der Waals surface area contributed by atoms with E-state index in [2.05, 4.69) is 6.58 Å². The van der Waals surface area contributed by atoms with Gasteiger partial charge < -0.3 is 9.47 Å². The molecule has 0 bridgehead atoms. The molecular weight excluding hydrogens is 264 g/mol. The molecule has 0 atom stereocenters. The lowest BCUT2D eigenvalue weighted by molar-refractivity contribution is -0.130. The molecule has 0 fully saturated rings. The SMILES string of the molecule is C=C(C)C(=O)Oc1ccc(-c2ccc(C)cc2)c(OC)c1. The molecule has 2 rings (SSSR count). The number of carbonyl (C=O) groups is 1. The Labute approximate surface area is 124 Å². The Morgan fingerprint density at radius 1 is 1.10 bits per heavy atom. The van der Waals surface area contributed by atoms with Crippen LogP contribution in [0.4, 0.5) is 0 Å². The van der Waals surface area contributed by atoms with Crippen LogP contribution in [0.2, 0.25) is 0 Å². The smallest absolute Gasteiger partial charge is 0.338 e. The molecule has 0 amide bonds. The molecule has 0 heterocycles. The van der Waals surface area contributed by atoms with Crippen molar-refractivity contribution in [2.24, 2.45) is 0 Å². The average Bonchev–Trinajstić information content (AvgIpc) is 2.48. The number of hydrogen-bond acceptors (Lipinski definition) is 3. The number of methoxy groups -OCH3 is 1. The van der Waals surface area contributed by atoms with Gasteiger partial charge in [0.05, 0.1) is 7.11 Å². The third-order valence-electron chi connectivity index (χ3n) is 3.09.